The minimum absolute atomic E-state index is 0.219. The first-order valence-corrected chi connectivity index (χ1v) is 43.1. The number of imide groups is 1. The Morgan fingerprint density at radius 1 is 0.375 bits per heavy atom. The van der Waals surface area contributed by atoms with Crippen LogP contribution in [0.5, 0.6) is 0 Å². The number of pyridine rings is 1. The summed E-state index contributed by atoms with van der Waals surface area (Å²) in [5.74, 6) is 0.694. The normalized spacial score (nSPS) is 13.4. The van der Waals surface area contributed by atoms with Crippen LogP contribution in [-0.2, 0) is 136 Å². The van der Waals surface area contributed by atoms with Crippen LogP contribution in [0.1, 0.15) is 86.3 Å². The highest BCUT2D eigenvalue weighted by Crippen LogP contribution is 2.33. The number of hydrogen-bond acceptors (Lipinski definition) is 33. The standard InChI is InChI=1S/C85H143N7O28/c1-5-6-13-78-88-80-81(91(78)17-9-10-18-92-83(94)74-11-7-8-12-75(74)84(92)95)76-72-73(14-15-77(76)87-82(80)86)90-21-19-89(20-22-90)23-25-97-27-29-99-31-33-101-35-37-103-39-41-105-43-45-107-47-49-109-51-53-111-55-57-113-59-61-115-63-65-117-67-69-119-71-70-118-68-66-116-64-62-114-60-58-112-56-54-110-52-50-108-48-46-106-44-42-104-40-38-102-36-34-100-32-30-98-28-26-96-24-16-79(93)120-85(2,3)4/h7-8,11-12,14-15,72H,5-6,9-10,13,16-71H2,1-4H3,(H2,86,87). The van der Waals surface area contributed by atoms with Crippen LogP contribution in [0.3, 0.4) is 0 Å². The maximum atomic E-state index is 13.0. The lowest BCUT2D eigenvalue weighted by molar-refractivity contribution is -0.156. The van der Waals surface area contributed by atoms with Crippen LogP contribution >= 0.6 is 0 Å². The number of nitrogens with zero attached hydrogens (tertiary/aromatic N) is 6. The van der Waals surface area contributed by atoms with E-state index in [1.165, 1.54) is 4.90 Å². The van der Waals surface area contributed by atoms with E-state index in [0.717, 1.165) is 91.9 Å². The van der Waals surface area contributed by atoms with Crippen LogP contribution in [0.4, 0.5) is 11.5 Å². The Hall–Kier alpha value is -5.47. The molecule has 0 radical (unpaired) electrons. The number of anilines is 2. The first kappa shape index (κ1) is 103. The molecule has 2 N–H and O–H groups in total. The predicted molar refractivity (Wildman–Crippen MR) is 448 cm³/mol. The molecular formula is C85H143N7O28. The average Bonchev–Trinajstić information content (AvgIpc) is 1.54. The third kappa shape index (κ3) is 48.7. The maximum Gasteiger partial charge on any atom is 0.308 e. The lowest BCUT2D eigenvalue weighted by Gasteiger charge is -2.36. The summed E-state index contributed by atoms with van der Waals surface area (Å²) in [4.78, 5) is 53.8. The van der Waals surface area contributed by atoms with Crippen molar-refractivity contribution in [2.45, 2.75) is 78.4 Å². The molecule has 1 fully saturated rings. The quantitative estimate of drug-likeness (QED) is 0.0308. The minimum Gasteiger partial charge on any atom is -0.460 e. The van der Waals surface area contributed by atoms with E-state index in [9.17, 15) is 14.4 Å². The number of ether oxygens (including phenoxy) is 25. The third-order valence-electron chi connectivity index (χ3n) is 18.1. The van der Waals surface area contributed by atoms with Crippen LogP contribution in [0, 0.1) is 0 Å². The van der Waals surface area contributed by atoms with Crippen molar-refractivity contribution in [3.05, 3.63) is 59.4 Å². The highest BCUT2D eigenvalue weighted by molar-refractivity contribution is 6.21. The Kier molecular flexibility index (Phi) is 60.1. The zero-order chi connectivity index (χ0) is 84.9. The number of benzene rings is 2. The number of hydrogen-bond donors (Lipinski definition) is 1. The topological polar surface area (TPSA) is 348 Å². The van der Waals surface area contributed by atoms with Gasteiger partial charge in [0.05, 0.1) is 346 Å². The van der Waals surface area contributed by atoms with E-state index >= 15 is 0 Å². The minimum atomic E-state index is -0.487. The van der Waals surface area contributed by atoms with E-state index in [-0.39, 0.29) is 24.2 Å². The molecule has 4 aromatic rings. The van der Waals surface area contributed by atoms with E-state index < -0.39 is 5.60 Å². The Morgan fingerprint density at radius 3 is 1.00 bits per heavy atom. The van der Waals surface area contributed by atoms with Crippen molar-refractivity contribution in [2.24, 2.45) is 0 Å². The summed E-state index contributed by atoms with van der Waals surface area (Å²) in [6.07, 6.45) is 4.51. The molecule has 0 spiro atoms. The summed E-state index contributed by atoms with van der Waals surface area (Å²) in [6.45, 7) is 36.0. The zero-order valence-electron chi connectivity index (χ0n) is 72.4. The van der Waals surface area contributed by atoms with Gasteiger partial charge in [-0.25, -0.2) is 9.97 Å². The summed E-state index contributed by atoms with van der Waals surface area (Å²) in [5.41, 5.74) is 10.7. The highest BCUT2D eigenvalue weighted by atomic mass is 16.6. The second-order valence-corrected chi connectivity index (χ2v) is 28.6. The van der Waals surface area contributed by atoms with Crippen LogP contribution < -0.4 is 10.6 Å². The highest BCUT2D eigenvalue weighted by Gasteiger charge is 2.35. The fraction of sp³-hybridized carbons (Fsp3) is 0.776. The van der Waals surface area contributed by atoms with E-state index in [2.05, 4.69) is 39.5 Å². The van der Waals surface area contributed by atoms with Gasteiger partial charge in [-0.15, -0.1) is 0 Å². The molecule has 0 atom stereocenters. The van der Waals surface area contributed by atoms with Gasteiger partial charge in [0.2, 0.25) is 0 Å². The Balaban J connectivity index is 0.563. The van der Waals surface area contributed by atoms with E-state index in [1.807, 2.05) is 20.8 Å². The smallest absolute Gasteiger partial charge is 0.308 e. The molecule has 2 aromatic heterocycles. The van der Waals surface area contributed by atoms with E-state index in [0.29, 0.717) is 354 Å². The first-order valence-electron chi connectivity index (χ1n) is 43.1. The van der Waals surface area contributed by atoms with Gasteiger partial charge in [-0.1, -0.05) is 25.5 Å². The molecule has 4 heterocycles. The van der Waals surface area contributed by atoms with Crippen molar-refractivity contribution < 1.29 is 133 Å². The molecule has 2 aliphatic heterocycles. The largest absolute Gasteiger partial charge is 0.460 e. The van der Waals surface area contributed by atoms with Gasteiger partial charge in [0.25, 0.3) is 11.8 Å². The number of imidazole rings is 1. The second kappa shape index (κ2) is 69.8. The van der Waals surface area contributed by atoms with E-state index in [4.69, 9.17) is 134 Å². The van der Waals surface area contributed by atoms with Crippen molar-refractivity contribution in [2.75, 3.05) is 367 Å². The molecular weight excluding hydrogens is 1570 g/mol. The maximum absolute atomic E-state index is 13.0. The SMILES string of the molecule is CCCCc1nc2c(N)nc3ccc(N4CCN(CCOCCOCCOCCOCCOCCOCCOCCOCCOCCOCCOCCOCCOCCOCCOCCOCCOCCOCCOCCOCCOCCOCCOCCOCCC(=O)OC(C)(C)C)CC4)cc3c2n1CCCCN1C(=O)c2ccccc2C1=O. The van der Waals surface area contributed by atoms with Gasteiger partial charge in [-0.3, -0.25) is 24.2 Å². The number of esters is 1. The van der Waals surface area contributed by atoms with Crippen molar-refractivity contribution in [1.29, 1.82) is 0 Å². The van der Waals surface area contributed by atoms with Crippen molar-refractivity contribution in [3.63, 3.8) is 0 Å². The van der Waals surface area contributed by atoms with Gasteiger partial charge in [-0.2, -0.15) is 0 Å². The Bertz CT molecular complexity index is 3150. The summed E-state index contributed by atoms with van der Waals surface area (Å²) >= 11 is 0. The van der Waals surface area contributed by atoms with Crippen LogP contribution in [0.25, 0.3) is 21.9 Å². The number of amides is 2. The lowest BCUT2D eigenvalue weighted by Crippen LogP contribution is -2.47. The van der Waals surface area contributed by atoms with E-state index in [1.54, 1.807) is 24.3 Å². The Labute approximate surface area is 710 Å². The summed E-state index contributed by atoms with van der Waals surface area (Å²) in [7, 11) is 0. The number of rotatable bonds is 84. The fourth-order valence-corrected chi connectivity index (χ4v) is 12.0. The summed E-state index contributed by atoms with van der Waals surface area (Å²) in [6, 6.07) is 13.5. The molecule has 686 valence electrons. The molecule has 120 heavy (non-hydrogen) atoms. The molecule has 0 saturated carbocycles. The number of fused-ring (bicyclic) bond motifs is 4. The molecule has 0 unspecified atom stereocenters. The number of aromatic nitrogens is 3. The van der Waals surface area contributed by atoms with Gasteiger partial charge in [-0.05, 0) is 70.4 Å². The third-order valence-corrected chi connectivity index (χ3v) is 18.1. The number of nitrogens with two attached hydrogens (primary N) is 1. The summed E-state index contributed by atoms with van der Waals surface area (Å²) in [5, 5.41) is 1.02. The van der Waals surface area contributed by atoms with Gasteiger partial charge in [0.1, 0.15) is 16.9 Å². The molecule has 35 nitrogen and oxygen atoms in total. The number of aryl methyl sites for hydroxylation is 2. The molecule has 2 aliphatic rings. The monoisotopic (exact) mass is 1710 g/mol. The van der Waals surface area contributed by atoms with Crippen molar-refractivity contribution in [1.82, 2.24) is 24.3 Å². The first-order chi connectivity index (χ1) is 59.0. The van der Waals surface area contributed by atoms with Crippen LogP contribution in [0.15, 0.2) is 42.5 Å². The second-order valence-electron chi connectivity index (χ2n) is 28.6. The molecule has 0 bridgehead atoms. The molecule has 1 saturated heterocycles. The van der Waals surface area contributed by atoms with Crippen LogP contribution in [0.2, 0.25) is 0 Å². The molecule has 2 amide bonds. The number of piperazine rings is 1. The van der Waals surface area contributed by atoms with Crippen molar-refractivity contribution >= 4 is 51.2 Å². The molecule has 6 rings (SSSR count). The zero-order valence-corrected chi connectivity index (χ0v) is 72.4. The molecule has 2 aromatic carbocycles. The molecule has 0 aliphatic carbocycles. The fourth-order valence-electron chi connectivity index (χ4n) is 12.0. The summed E-state index contributed by atoms with van der Waals surface area (Å²) < 4.78 is 141. The van der Waals surface area contributed by atoms with Gasteiger partial charge in [0.15, 0.2) is 5.82 Å². The number of nitrogen functional groups attached to an aromatic ring is 1. The van der Waals surface area contributed by atoms with Gasteiger partial charge >= 0.3 is 5.97 Å². The lowest BCUT2D eigenvalue weighted by atomic mass is 10.1. The molecule has 35 heteroatoms. The Morgan fingerprint density at radius 2 is 0.683 bits per heavy atom. The number of unbranched alkanes of at least 4 members (excludes halogenated alkanes) is 2. The predicted octanol–water partition coefficient (Wildman–Crippen LogP) is 5.84. The number of carbonyl (C=O) groups is 3. The van der Waals surface area contributed by atoms with Gasteiger partial charge < -0.3 is 134 Å². The van der Waals surface area contributed by atoms with Crippen molar-refractivity contribution in [3.8, 4) is 0 Å². The number of carbonyl (C=O) groups excluding carboxylic acids is 3. The average molecular weight is 1710 g/mol. The van der Waals surface area contributed by atoms with Crippen LogP contribution in [-0.4, -0.2) is 404 Å². The van der Waals surface area contributed by atoms with Gasteiger partial charge in [0, 0.05) is 63.3 Å².